The maximum Gasteiger partial charge on any atom is 0.266 e. The van der Waals surface area contributed by atoms with E-state index in [0.29, 0.717) is 42.3 Å². The van der Waals surface area contributed by atoms with Gasteiger partial charge in [0.2, 0.25) is 11.8 Å². The van der Waals surface area contributed by atoms with Crippen LogP contribution in [0.25, 0.3) is 11.3 Å². The number of nitrogens with zero attached hydrogens (tertiary/aromatic N) is 6. The van der Waals surface area contributed by atoms with Gasteiger partial charge in [-0.15, -0.1) is 5.10 Å². The number of aromatic nitrogens is 3. The first-order valence-electron chi connectivity index (χ1n) is 17.6. The van der Waals surface area contributed by atoms with Crippen molar-refractivity contribution in [2.24, 2.45) is 0 Å². The van der Waals surface area contributed by atoms with E-state index in [4.69, 9.17) is 14.2 Å². The summed E-state index contributed by atoms with van der Waals surface area (Å²) in [5.74, 6) is 1.05. The molecule has 2 saturated heterocycles. The summed E-state index contributed by atoms with van der Waals surface area (Å²) in [5, 5.41) is 6.95. The highest BCUT2D eigenvalue weighted by Gasteiger charge is 2.72. The molecule has 4 aromatic carbocycles. The van der Waals surface area contributed by atoms with Gasteiger partial charge in [-0.3, -0.25) is 14.3 Å². The van der Waals surface area contributed by atoms with Gasteiger partial charge in [-0.25, -0.2) is 12.7 Å². The average Bonchev–Trinajstić information content (AvgIpc) is 3.88. The number of hydrogen-bond donors (Lipinski definition) is 0. The number of benzene rings is 4. The van der Waals surface area contributed by atoms with Crippen LogP contribution in [0.15, 0.2) is 108 Å². The molecule has 3 aliphatic heterocycles. The maximum absolute atomic E-state index is 15.0. The Labute approximate surface area is 325 Å². The molecule has 8 rings (SSSR count). The first-order valence-corrected chi connectivity index (χ1v) is 20.1. The standard InChI is InChI=1S/C39H36N6O7SSi2/c1-42-35(54)34(46)44-36-38(24-39(44,55)37(42)47,26-11-15-28(51-3)16-12-26)31-7-4-5-8-33(31)45(36)53(48,49)30-19-17-29(18-20-30)52-22-6-21-43-23-32(40-41-43)25-9-13-27(50-2)14-10-25/h4-5,7-20,23,35-36H,6,21-22,24H2,1-3H3/t35-,36-,38-,39-/m0/s1. The number of piperazine rings is 1. The van der Waals surface area contributed by atoms with E-state index in [9.17, 15) is 18.0 Å². The minimum atomic E-state index is -4.35. The number of sulfonamides is 1. The van der Waals surface area contributed by atoms with Crippen LogP contribution in [0.2, 0.25) is 0 Å². The summed E-state index contributed by atoms with van der Waals surface area (Å²) in [6.07, 6.45) is 1.44. The van der Waals surface area contributed by atoms with E-state index >= 15 is 0 Å². The zero-order valence-electron chi connectivity index (χ0n) is 30.2. The molecule has 13 nitrogen and oxygen atoms in total. The van der Waals surface area contributed by atoms with E-state index in [2.05, 4.69) is 30.8 Å². The number of anilines is 1. The van der Waals surface area contributed by atoms with Crippen LogP contribution in [0.3, 0.4) is 0 Å². The lowest BCUT2D eigenvalue weighted by Gasteiger charge is -2.48. The molecule has 2 amide bonds. The SMILES string of the molecule is COc1ccc(-c2cn(CCCOc3ccc(S(=O)(=O)N4c5ccccc5[C@@]5(c6ccc(OC)cc6)C[C@]6([Si])C(=O)N(C)[C@@H]([Si])C(=O)N6[C@@H]45)cc3)nn2)cc1. The first kappa shape index (κ1) is 36.5. The number of aryl methyl sites for hydroxylation is 1. The second kappa shape index (κ2) is 13.7. The minimum Gasteiger partial charge on any atom is -0.497 e. The summed E-state index contributed by atoms with van der Waals surface area (Å²) >= 11 is 0. The molecular formula is C39H36N6O7SSi2. The second-order valence-electron chi connectivity index (χ2n) is 13.7. The second-order valence-corrected chi connectivity index (χ2v) is 16.9. The van der Waals surface area contributed by atoms with Gasteiger partial charge in [0, 0.05) is 25.6 Å². The van der Waals surface area contributed by atoms with Gasteiger partial charge in [0.25, 0.3) is 10.0 Å². The number of amides is 2. The van der Waals surface area contributed by atoms with Crippen molar-refractivity contribution in [3.8, 4) is 28.5 Å². The van der Waals surface area contributed by atoms with E-state index in [-0.39, 0.29) is 17.2 Å². The third-order valence-corrected chi connectivity index (χ3v) is 13.8. The molecule has 5 aromatic rings. The molecule has 1 aromatic heterocycles. The minimum absolute atomic E-state index is 0.00291. The third-order valence-electron chi connectivity index (χ3n) is 10.7. The van der Waals surface area contributed by atoms with Gasteiger partial charge in [0.15, 0.2) is 0 Å². The Balaban J connectivity index is 1.07. The quantitative estimate of drug-likeness (QED) is 0.146. The molecule has 2 fully saturated rings. The molecule has 55 heavy (non-hydrogen) atoms. The predicted molar refractivity (Wildman–Crippen MR) is 204 cm³/mol. The van der Waals surface area contributed by atoms with Crippen molar-refractivity contribution in [1.82, 2.24) is 24.8 Å². The van der Waals surface area contributed by atoms with Crippen molar-refractivity contribution < 1.29 is 32.2 Å². The first-order chi connectivity index (χ1) is 26.4. The number of hydrogen-bond acceptors (Lipinski definition) is 9. The fourth-order valence-electron chi connectivity index (χ4n) is 8.01. The largest absolute Gasteiger partial charge is 0.497 e. The van der Waals surface area contributed by atoms with Crippen molar-refractivity contribution in [3.63, 3.8) is 0 Å². The van der Waals surface area contributed by atoms with Gasteiger partial charge in [0.05, 0.1) is 69.2 Å². The monoisotopic (exact) mass is 788 g/mol. The van der Waals surface area contributed by atoms with Crippen molar-refractivity contribution >= 4 is 48.0 Å². The van der Waals surface area contributed by atoms with E-state index in [1.165, 1.54) is 26.2 Å². The maximum atomic E-state index is 15.0. The van der Waals surface area contributed by atoms with E-state index in [0.717, 1.165) is 22.6 Å². The molecule has 16 heteroatoms. The van der Waals surface area contributed by atoms with Gasteiger partial charge >= 0.3 is 0 Å². The van der Waals surface area contributed by atoms with Gasteiger partial charge < -0.3 is 24.0 Å². The lowest BCUT2D eigenvalue weighted by atomic mass is 9.72. The molecule has 4 heterocycles. The Kier molecular flexibility index (Phi) is 9.09. The molecule has 3 aliphatic rings. The lowest BCUT2D eigenvalue weighted by molar-refractivity contribution is -0.158. The Morgan fingerprint density at radius 1 is 0.873 bits per heavy atom. The number of ether oxygens (including phenoxy) is 3. The zero-order valence-corrected chi connectivity index (χ0v) is 33.1. The summed E-state index contributed by atoms with van der Waals surface area (Å²) in [5.41, 5.74) is 1.37. The number of carbonyl (C=O) groups is 2. The van der Waals surface area contributed by atoms with Gasteiger partial charge in [-0.1, -0.05) is 35.5 Å². The molecule has 0 spiro atoms. The smallest absolute Gasteiger partial charge is 0.266 e. The summed E-state index contributed by atoms with van der Waals surface area (Å²) in [4.78, 5) is 31.1. The molecule has 0 unspecified atom stereocenters. The number of fused-ring (bicyclic) bond motifs is 5. The topological polar surface area (TPSA) is 136 Å². The molecule has 0 aliphatic carbocycles. The number of methoxy groups -OCH3 is 2. The van der Waals surface area contributed by atoms with Crippen LogP contribution in [0.5, 0.6) is 17.2 Å². The number of carbonyl (C=O) groups excluding carboxylic acids is 2. The summed E-state index contributed by atoms with van der Waals surface area (Å²) < 4.78 is 49.6. The molecule has 0 saturated carbocycles. The predicted octanol–water partition coefficient (Wildman–Crippen LogP) is 3.32. The normalized spacial score (nSPS) is 23.0. The fraction of sp³-hybridized carbons (Fsp3) is 0.282. The summed E-state index contributed by atoms with van der Waals surface area (Å²) in [7, 11) is 7.63. The molecule has 4 atom stereocenters. The molecule has 6 radical (unpaired) electrons. The molecular weight excluding hydrogens is 753 g/mol. The highest BCUT2D eigenvalue weighted by atomic mass is 32.2. The van der Waals surface area contributed by atoms with Crippen LogP contribution in [-0.4, -0.2) is 110 Å². The van der Waals surface area contributed by atoms with Crippen molar-refractivity contribution in [3.05, 3.63) is 114 Å². The number of likely N-dealkylation sites (N-methyl/N-ethyl adjacent to an activating group) is 1. The van der Waals surface area contributed by atoms with Crippen molar-refractivity contribution in [2.45, 2.75) is 46.7 Å². The van der Waals surface area contributed by atoms with E-state index in [1.807, 2.05) is 54.7 Å². The Morgan fingerprint density at radius 2 is 1.51 bits per heavy atom. The summed E-state index contributed by atoms with van der Waals surface area (Å²) in [6.45, 7) is 0.925. The molecule has 278 valence electrons. The Bertz CT molecular complexity index is 2380. The highest BCUT2D eigenvalue weighted by molar-refractivity contribution is 7.93. The fourth-order valence-corrected chi connectivity index (χ4v) is 10.6. The van der Waals surface area contributed by atoms with Crippen LogP contribution in [0.4, 0.5) is 5.69 Å². The molecule has 0 bridgehead atoms. The van der Waals surface area contributed by atoms with Crippen LogP contribution < -0.4 is 18.5 Å². The van der Waals surface area contributed by atoms with Crippen molar-refractivity contribution in [1.29, 1.82) is 0 Å². The number of para-hydroxylation sites is 1. The van der Waals surface area contributed by atoms with Crippen LogP contribution in [-0.2, 0) is 31.6 Å². The van der Waals surface area contributed by atoms with E-state index in [1.54, 1.807) is 62.3 Å². The van der Waals surface area contributed by atoms with Gasteiger partial charge in [-0.05, 0) is 84.3 Å². The summed E-state index contributed by atoms with van der Waals surface area (Å²) in [6, 6.07) is 28.4. The Morgan fingerprint density at radius 3 is 2.18 bits per heavy atom. The Hall–Kier alpha value is -5.46. The van der Waals surface area contributed by atoms with Crippen LogP contribution in [0, 0.1) is 0 Å². The average molecular weight is 789 g/mol. The van der Waals surface area contributed by atoms with Crippen LogP contribution >= 0.6 is 0 Å². The lowest BCUT2D eigenvalue weighted by Crippen LogP contribution is -2.72. The van der Waals surface area contributed by atoms with E-state index < -0.39 is 38.3 Å². The van der Waals surface area contributed by atoms with Crippen LogP contribution in [0.1, 0.15) is 24.0 Å². The highest BCUT2D eigenvalue weighted by Crippen LogP contribution is 2.62. The van der Waals surface area contributed by atoms with Gasteiger partial charge in [0.1, 0.15) is 34.3 Å². The molecule has 0 N–H and O–H groups in total. The zero-order chi connectivity index (χ0) is 38.7. The van der Waals surface area contributed by atoms with Crippen molar-refractivity contribution in [2.75, 3.05) is 32.2 Å². The van der Waals surface area contributed by atoms with Gasteiger partial charge in [-0.2, -0.15) is 0 Å². The third kappa shape index (κ3) is 5.72. The number of rotatable bonds is 11.